The van der Waals surface area contributed by atoms with Crippen molar-refractivity contribution in [3.8, 4) is 0 Å². The van der Waals surface area contributed by atoms with Crippen molar-refractivity contribution in [1.29, 1.82) is 0 Å². The third-order valence-electron chi connectivity index (χ3n) is 7.18. The molecule has 0 radical (unpaired) electrons. The van der Waals surface area contributed by atoms with E-state index in [0.717, 1.165) is 56.9 Å². The van der Waals surface area contributed by atoms with E-state index >= 15 is 0 Å². The van der Waals surface area contributed by atoms with Crippen molar-refractivity contribution in [2.45, 2.75) is 64.7 Å². The van der Waals surface area contributed by atoms with Crippen LogP contribution in [0.3, 0.4) is 0 Å². The number of carbonyl (C=O) groups is 1. The molecule has 0 spiro atoms. The first kappa shape index (κ1) is 20.6. The molecule has 1 saturated carbocycles. The molecule has 1 aliphatic carbocycles. The van der Waals surface area contributed by atoms with Gasteiger partial charge < -0.3 is 10.2 Å². The number of nitrogens with one attached hydrogen (secondary N) is 1. The van der Waals surface area contributed by atoms with Gasteiger partial charge in [-0.1, -0.05) is 26.2 Å². The lowest BCUT2D eigenvalue weighted by molar-refractivity contribution is -0.122. The zero-order valence-corrected chi connectivity index (χ0v) is 18.6. The normalized spacial score (nSPS) is 23.2. The molecular formula is C24H34N6O. The highest BCUT2D eigenvalue weighted by molar-refractivity contribution is 5.99. The molecule has 1 saturated heterocycles. The lowest BCUT2D eigenvalue weighted by Crippen LogP contribution is -2.51. The summed E-state index contributed by atoms with van der Waals surface area (Å²) in [5.41, 5.74) is 4.53. The second-order valence-electron chi connectivity index (χ2n) is 9.34. The molecule has 3 aliphatic rings. The highest BCUT2D eigenvalue weighted by atomic mass is 16.1. The smallest absolute Gasteiger partial charge is 0.252 e. The van der Waals surface area contributed by atoms with Gasteiger partial charge in [0.05, 0.1) is 17.8 Å². The quantitative estimate of drug-likeness (QED) is 0.724. The number of fused-ring (bicyclic) bond motifs is 2. The average Bonchev–Trinajstić information content (AvgIpc) is 3.30. The number of carbonyl (C=O) groups excluding carboxylic acids is 1. The summed E-state index contributed by atoms with van der Waals surface area (Å²) in [5.74, 6) is 1.76. The minimum Gasteiger partial charge on any atom is -0.354 e. The summed E-state index contributed by atoms with van der Waals surface area (Å²) in [4.78, 5) is 24.7. The van der Waals surface area contributed by atoms with E-state index in [-0.39, 0.29) is 11.8 Å². The van der Waals surface area contributed by atoms with Crippen LogP contribution in [0, 0.1) is 11.8 Å². The Morgan fingerprint density at radius 2 is 2.10 bits per heavy atom. The number of unbranched alkanes of at least 4 members (excludes halogenated alkanes) is 2. The van der Waals surface area contributed by atoms with Gasteiger partial charge in [0.15, 0.2) is 5.65 Å². The molecule has 2 aliphatic heterocycles. The molecule has 2 aromatic heterocycles. The molecule has 2 aromatic rings. The zero-order valence-electron chi connectivity index (χ0n) is 18.6. The summed E-state index contributed by atoms with van der Waals surface area (Å²) in [6.45, 7) is 5.62. The molecular weight excluding hydrogens is 388 g/mol. The summed E-state index contributed by atoms with van der Waals surface area (Å²) in [6, 6.07) is 1.97. The van der Waals surface area contributed by atoms with E-state index in [1.165, 1.54) is 55.5 Å². The predicted molar refractivity (Wildman–Crippen MR) is 123 cm³/mol. The number of hydrogen-bond acceptors (Lipinski definition) is 5. The molecule has 5 rings (SSSR count). The van der Waals surface area contributed by atoms with Crippen LogP contribution in [-0.4, -0.2) is 52.4 Å². The maximum Gasteiger partial charge on any atom is 0.252 e. The summed E-state index contributed by atoms with van der Waals surface area (Å²) in [6.07, 6.45) is 12.1. The molecule has 1 N–H and O–H groups in total. The number of anilines is 1. The Balaban J connectivity index is 1.30. The fourth-order valence-electron chi connectivity index (χ4n) is 5.38. The number of nitrogens with zero attached hydrogens (tertiary/aromatic N) is 5. The number of aromatic nitrogens is 3. The van der Waals surface area contributed by atoms with Gasteiger partial charge in [0.1, 0.15) is 5.82 Å². The van der Waals surface area contributed by atoms with Crippen LogP contribution in [0.1, 0.15) is 63.1 Å². The van der Waals surface area contributed by atoms with Crippen LogP contribution in [0.25, 0.3) is 5.65 Å². The van der Waals surface area contributed by atoms with E-state index < -0.39 is 0 Å². The summed E-state index contributed by atoms with van der Waals surface area (Å²) in [7, 11) is 0. The molecule has 1 atom stereocenters. The van der Waals surface area contributed by atoms with Crippen molar-refractivity contribution in [2.75, 3.05) is 31.1 Å². The monoisotopic (exact) mass is 422 g/mol. The number of amides is 1. The fraction of sp³-hybridized carbons (Fsp3) is 0.667. The van der Waals surface area contributed by atoms with E-state index in [9.17, 15) is 4.79 Å². The predicted octanol–water partition coefficient (Wildman–Crippen LogP) is 3.20. The number of hydrogen-bond donors (Lipinski definition) is 1. The molecule has 0 aromatic carbocycles. The largest absolute Gasteiger partial charge is 0.354 e. The van der Waals surface area contributed by atoms with Crippen LogP contribution in [0.15, 0.2) is 17.3 Å². The molecule has 7 heteroatoms. The van der Waals surface area contributed by atoms with Gasteiger partial charge in [0.25, 0.3) is 5.91 Å². The molecule has 7 nitrogen and oxygen atoms in total. The average molecular weight is 423 g/mol. The highest BCUT2D eigenvalue weighted by Crippen LogP contribution is 2.33. The van der Waals surface area contributed by atoms with Crippen molar-refractivity contribution in [1.82, 2.24) is 19.9 Å². The minimum absolute atomic E-state index is 0.00252. The van der Waals surface area contributed by atoms with E-state index in [1.54, 1.807) is 0 Å². The fourth-order valence-corrected chi connectivity index (χ4v) is 5.38. The Bertz CT molecular complexity index is 974. The van der Waals surface area contributed by atoms with E-state index in [0.29, 0.717) is 5.92 Å². The van der Waals surface area contributed by atoms with E-state index in [1.807, 2.05) is 16.8 Å². The molecule has 2 fully saturated rings. The van der Waals surface area contributed by atoms with Crippen LogP contribution >= 0.6 is 0 Å². The second kappa shape index (κ2) is 9.07. The zero-order chi connectivity index (χ0) is 21.2. The topological polar surface area (TPSA) is 74.9 Å². The third kappa shape index (κ3) is 4.12. The molecule has 4 heterocycles. The van der Waals surface area contributed by atoms with Crippen molar-refractivity contribution in [3.63, 3.8) is 0 Å². The molecule has 166 valence electrons. The lowest BCUT2D eigenvalue weighted by Gasteiger charge is -2.40. The van der Waals surface area contributed by atoms with Gasteiger partial charge in [0.2, 0.25) is 0 Å². The molecule has 0 bridgehead atoms. The van der Waals surface area contributed by atoms with Crippen LogP contribution in [0.5, 0.6) is 0 Å². The van der Waals surface area contributed by atoms with Crippen LogP contribution < -0.4 is 10.2 Å². The van der Waals surface area contributed by atoms with Gasteiger partial charge in [-0.05, 0) is 44.6 Å². The summed E-state index contributed by atoms with van der Waals surface area (Å²) < 4.78 is 1.96. The van der Waals surface area contributed by atoms with Crippen molar-refractivity contribution >= 4 is 23.1 Å². The number of rotatable bonds is 6. The van der Waals surface area contributed by atoms with Gasteiger partial charge in [-0.15, -0.1) is 0 Å². The van der Waals surface area contributed by atoms with Gasteiger partial charge >= 0.3 is 0 Å². The summed E-state index contributed by atoms with van der Waals surface area (Å²) >= 11 is 0. The van der Waals surface area contributed by atoms with Gasteiger partial charge in [-0.25, -0.2) is 9.98 Å². The maximum atomic E-state index is 12.9. The van der Waals surface area contributed by atoms with Crippen molar-refractivity contribution in [2.24, 2.45) is 16.8 Å². The van der Waals surface area contributed by atoms with E-state index in [4.69, 9.17) is 4.98 Å². The first-order chi connectivity index (χ1) is 15.2. The first-order valence-corrected chi connectivity index (χ1v) is 12.2. The Hall–Kier alpha value is -2.28. The Morgan fingerprint density at radius 3 is 2.97 bits per heavy atom. The minimum atomic E-state index is 0.00252. The van der Waals surface area contributed by atoms with Crippen LogP contribution in [-0.2, 0) is 17.6 Å². The van der Waals surface area contributed by atoms with Crippen LogP contribution in [0.4, 0.5) is 5.82 Å². The Labute approximate surface area is 184 Å². The van der Waals surface area contributed by atoms with Gasteiger partial charge in [0, 0.05) is 43.4 Å². The van der Waals surface area contributed by atoms with E-state index in [2.05, 4.69) is 27.2 Å². The first-order valence-electron chi connectivity index (χ1n) is 12.2. The molecule has 1 unspecified atom stereocenters. The van der Waals surface area contributed by atoms with Gasteiger partial charge in [-0.2, -0.15) is 9.61 Å². The van der Waals surface area contributed by atoms with Crippen LogP contribution in [0.2, 0.25) is 0 Å². The molecule has 31 heavy (non-hydrogen) atoms. The Kier molecular flexibility index (Phi) is 6.03. The standard InChI is InChI=1S/C24H34N6O/c1-2-3-4-6-17-7-5-8-20(17)28-23(31)18-15-29(16-18)24-19-9-12-25-13-10-21(19)27-22-11-14-26-30(22)24/h11,14,17-18,25H,2-10,12-13,15-16H2,1H3. The van der Waals surface area contributed by atoms with Crippen molar-refractivity contribution in [3.05, 3.63) is 23.5 Å². The Morgan fingerprint density at radius 1 is 1.23 bits per heavy atom. The van der Waals surface area contributed by atoms with Crippen molar-refractivity contribution < 1.29 is 4.79 Å². The molecule has 1 amide bonds. The highest BCUT2D eigenvalue weighted by Gasteiger charge is 2.37. The second-order valence-corrected chi connectivity index (χ2v) is 9.34. The number of aliphatic imine (C=N–C) groups is 1. The maximum absolute atomic E-state index is 12.9. The van der Waals surface area contributed by atoms with Gasteiger partial charge in [-0.3, -0.25) is 4.79 Å². The third-order valence-corrected chi connectivity index (χ3v) is 7.18. The lowest BCUT2D eigenvalue weighted by atomic mass is 9.96. The SMILES string of the molecule is CCCCCC1CCCC1=NC(=O)C1CN(c2c3c(nc4ccnn24)CCNCC3)C1. The summed E-state index contributed by atoms with van der Waals surface area (Å²) in [5, 5.41) is 8.01.